The molecule has 1 saturated heterocycles. The third-order valence-corrected chi connectivity index (χ3v) is 6.19. The number of anilines is 1. The highest BCUT2D eigenvalue weighted by Gasteiger charge is 2.48. The first kappa shape index (κ1) is 15.0. The molecule has 1 aromatic heterocycles. The predicted molar refractivity (Wildman–Crippen MR) is 91.5 cm³/mol. The molecule has 0 spiro atoms. The van der Waals surface area contributed by atoms with Crippen LogP contribution in [0, 0.1) is 23.7 Å². The highest BCUT2D eigenvalue weighted by molar-refractivity contribution is 5.95. The molecule has 1 amide bonds. The number of carbonyl (C=O) groups excluding carboxylic acids is 1. The van der Waals surface area contributed by atoms with E-state index in [0.717, 1.165) is 48.1 Å². The van der Waals surface area contributed by atoms with Crippen LogP contribution in [0.3, 0.4) is 0 Å². The number of amides is 1. The molecule has 4 nitrogen and oxygen atoms in total. The Morgan fingerprint density at radius 1 is 1.17 bits per heavy atom. The quantitative estimate of drug-likeness (QED) is 0.932. The number of pyridine rings is 1. The summed E-state index contributed by atoms with van der Waals surface area (Å²) in [5.74, 6) is 4.57. The van der Waals surface area contributed by atoms with Crippen molar-refractivity contribution >= 4 is 11.7 Å². The molecule has 1 aliphatic heterocycles. The van der Waals surface area contributed by atoms with Gasteiger partial charge in [-0.15, -0.1) is 0 Å². The van der Waals surface area contributed by atoms with Crippen LogP contribution in [0.25, 0.3) is 0 Å². The van der Waals surface area contributed by atoms with Crippen LogP contribution >= 0.6 is 0 Å². The number of nitrogens with one attached hydrogen (secondary N) is 1. The molecule has 0 radical (unpaired) electrons. The first-order chi connectivity index (χ1) is 11.1. The molecule has 1 N–H and O–H groups in total. The summed E-state index contributed by atoms with van der Waals surface area (Å²) in [6.45, 7) is 6.24. The SMILES string of the molecule is CC(C)NC(=O)c1ccnc(N2C[C@@H]3C4CCC(CC4)[C@@H]3C2)c1. The predicted octanol–water partition coefficient (Wildman–Crippen LogP) is 3.09. The van der Waals surface area contributed by atoms with Crippen molar-refractivity contribution in [1.29, 1.82) is 0 Å². The average molecular weight is 313 g/mol. The Labute approximate surface area is 138 Å². The van der Waals surface area contributed by atoms with E-state index in [-0.39, 0.29) is 11.9 Å². The van der Waals surface area contributed by atoms with Gasteiger partial charge in [-0.25, -0.2) is 4.98 Å². The molecular weight excluding hydrogens is 286 g/mol. The maximum atomic E-state index is 12.2. The maximum absolute atomic E-state index is 12.2. The van der Waals surface area contributed by atoms with Gasteiger partial charge in [-0.2, -0.15) is 0 Å². The summed E-state index contributed by atoms with van der Waals surface area (Å²) in [7, 11) is 0. The topological polar surface area (TPSA) is 45.2 Å². The maximum Gasteiger partial charge on any atom is 0.251 e. The minimum Gasteiger partial charge on any atom is -0.356 e. The van der Waals surface area contributed by atoms with E-state index in [1.54, 1.807) is 6.20 Å². The fourth-order valence-corrected chi connectivity index (χ4v) is 5.12. The minimum atomic E-state index is 0.000308. The fraction of sp³-hybridized carbons (Fsp3) is 0.684. The van der Waals surface area contributed by atoms with Gasteiger partial charge in [-0.3, -0.25) is 4.79 Å². The zero-order chi connectivity index (χ0) is 16.0. The molecule has 23 heavy (non-hydrogen) atoms. The molecule has 0 unspecified atom stereocenters. The molecule has 1 aromatic rings. The smallest absolute Gasteiger partial charge is 0.251 e. The van der Waals surface area contributed by atoms with Crippen LogP contribution in [-0.2, 0) is 0 Å². The lowest BCUT2D eigenvalue weighted by Gasteiger charge is -2.44. The lowest BCUT2D eigenvalue weighted by molar-refractivity contribution is 0.0577. The molecule has 2 atom stereocenters. The molecule has 3 aliphatic carbocycles. The van der Waals surface area contributed by atoms with Gasteiger partial charge in [0, 0.05) is 30.9 Å². The molecule has 5 rings (SSSR count). The number of fused-ring (bicyclic) bond motifs is 2. The second kappa shape index (κ2) is 5.81. The minimum absolute atomic E-state index is 0.000308. The van der Waals surface area contributed by atoms with E-state index in [0.29, 0.717) is 0 Å². The fourth-order valence-electron chi connectivity index (χ4n) is 5.12. The van der Waals surface area contributed by atoms with Crippen LogP contribution in [0.4, 0.5) is 5.82 Å². The number of nitrogens with zero attached hydrogens (tertiary/aromatic N) is 2. The van der Waals surface area contributed by atoms with Crippen molar-refractivity contribution in [3.05, 3.63) is 23.9 Å². The van der Waals surface area contributed by atoms with E-state index in [4.69, 9.17) is 0 Å². The van der Waals surface area contributed by atoms with Gasteiger partial charge in [0.1, 0.15) is 5.82 Å². The van der Waals surface area contributed by atoms with Crippen LogP contribution in [0.5, 0.6) is 0 Å². The lowest BCUT2D eigenvalue weighted by Crippen LogP contribution is -2.38. The van der Waals surface area contributed by atoms with Crippen LogP contribution in [0.1, 0.15) is 49.9 Å². The van der Waals surface area contributed by atoms with Crippen molar-refractivity contribution in [3.8, 4) is 0 Å². The monoisotopic (exact) mass is 313 g/mol. The Kier molecular flexibility index (Phi) is 3.78. The van der Waals surface area contributed by atoms with Crippen molar-refractivity contribution in [2.45, 2.75) is 45.6 Å². The summed E-state index contributed by atoms with van der Waals surface area (Å²) in [5, 5.41) is 2.97. The normalized spacial score (nSPS) is 32.2. The lowest BCUT2D eigenvalue weighted by atomic mass is 9.60. The molecule has 4 heteroatoms. The molecule has 3 saturated carbocycles. The van der Waals surface area contributed by atoms with Gasteiger partial charge in [-0.1, -0.05) is 0 Å². The molecule has 124 valence electrons. The molecular formula is C19H27N3O. The Bertz CT molecular complexity index is 572. The first-order valence-corrected chi connectivity index (χ1v) is 9.13. The van der Waals surface area contributed by atoms with E-state index in [9.17, 15) is 4.79 Å². The average Bonchev–Trinajstić information content (AvgIpc) is 3.03. The largest absolute Gasteiger partial charge is 0.356 e. The number of carbonyl (C=O) groups is 1. The van der Waals surface area contributed by atoms with Gasteiger partial charge in [-0.05, 0) is 75.3 Å². The van der Waals surface area contributed by atoms with E-state index < -0.39 is 0 Å². The number of aromatic nitrogens is 1. The van der Waals surface area contributed by atoms with Crippen LogP contribution in [0.15, 0.2) is 18.3 Å². The summed E-state index contributed by atoms with van der Waals surface area (Å²) in [4.78, 5) is 19.2. The highest BCUT2D eigenvalue weighted by atomic mass is 16.1. The molecule has 2 heterocycles. The Morgan fingerprint density at radius 2 is 1.78 bits per heavy atom. The summed E-state index contributed by atoms with van der Waals surface area (Å²) in [5.41, 5.74) is 0.724. The van der Waals surface area contributed by atoms with Crippen molar-refractivity contribution in [3.63, 3.8) is 0 Å². The van der Waals surface area contributed by atoms with Crippen molar-refractivity contribution in [1.82, 2.24) is 10.3 Å². The Balaban J connectivity index is 1.52. The van der Waals surface area contributed by atoms with E-state index in [1.165, 1.54) is 25.7 Å². The molecule has 2 bridgehead atoms. The molecule has 4 fully saturated rings. The third kappa shape index (κ3) is 2.73. The molecule has 4 aliphatic rings. The van der Waals surface area contributed by atoms with Crippen LogP contribution in [0.2, 0.25) is 0 Å². The number of hydrogen-bond donors (Lipinski definition) is 1. The van der Waals surface area contributed by atoms with Gasteiger partial charge in [0.05, 0.1) is 0 Å². The van der Waals surface area contributed by atoms with Gasteiger partial charge >= 0.3 is 0 Å². The molecule has 0 aromatic carbocycles. The summed E-state index contributed by atoms with van der Waals surface area (Å²) >= 11 is 0. The summed E-state index contributed by atoms with van der Waals surface area (Å²) in [6, 6.07) is 3.94. The van der Waals surface area contributed by atoms with E-state index >= 15 is 0 Å². The van der Waals surface area contributed by atoms with Gasteiger partial charge in [0.15, 0.2) is 0 Å². The van der Waals surface area contributed by atoms with Gasteiger partial charge in [0.2, 0.25) is 0 Å². The van der Waals surface area contributed by atoms with Crippen molar-refractivity contribution in [2.24, 2.45) is 23.7 Å². The summed E-state index contributed by atoms with van der Waals surface area (Å²) < 4.78 is 0. The highest BCUT2D eigenvalue weighted by Crippen LogP contribution is 2.52. The van der Waals surface area contributed by atoms with Crippen LogP contribution < -0.4 is 10.2 Å². The number of rotatable bonds is 3. The standard InChI is InChI=1S/C19H27N3O/c1-12(2)21-19(23)15-7-8-20-18(9-15)22-10-16-13-3-4-14(6-5-13)17(16)11-22/h7-9,12-14,16-17H,3-6,10-11H2,1-2H3,(H,21,23)/t13?,14?,16-,17+. The summed E-state index contributed by atoms with van der Waals surface area (Å²) in [6.07, 6.45) is 7.52. The second-order valence-electron chi connectivity index (χ2n) is 7.94. The van der Waals surface area contributed by atoms with Crippen molar-refractivity contribution < 1.29 is 4.79 Å². The zero-order valence-electron chi connectivity index (χ0n) is 14.2. The van der Waals surface area contributed by atoms with E-state index in [1.807, 2.05) is 26.0 Å². The zero-order valence-corrected chi connectivity index (χ0v) is 14.2. The van der Waals surface area contributed by atoms with Crippen LogP contribution in [-0.4, -0.2) is 30.0 Å². The second-order valence-corrected chi connectivity index (χ2v) is 7.94. The number of hydrogen-bond acceptors (Lipinski definition) is 3. The van der Waals surface area contributed by atoms with Gasteiger partial charge < -0.3 is 10.2 Å². The van der Waals surface area contributed by atoms with Gasteiger partial charge in [0.25, 0.3) is 5.91 Å². The third-order valence-electron chi connectivity index (χ3n) is 6.19. The van der Waals surface area contributed by atoms with Crippen molar-refractivity contribution in [2.75, 3.05) is 18.0 Å². The Hall–Kier alpha value is -1.58. The van der Waals surface area contributed by atoms with E-state index in [2.05, 4.69) is 15.2 Å². The first-order valence-electron chi connectivity index (χ1n) is 9.13. The Morgan fingerprint density at radius 3 is 2.35 bits per heavy atom.